The molecular formula is C12H22N2O4. The lowest BCUT2D eigenvalue weighted by molar-refractivity contribution is -0.147. The van der Waals surface area contributed by atoms with Crippen LogP contribution in [-0.2, 0) is 9.59 Å². The molecule has 6 nitrogen and oxygen atoms in total. The molecule has 0 spiro atoms. The smallest absolute Gasteiger partial charge is 0.328 e. The third-order valence-electron chi connectivity index (χ3n) is 3.72. The summed E-state index contributed by atoms with van der Waals surface area (Å²) in [4.78, 5) is 23.2. The molecule has 1 fully saturated rings. The van der Waals surface area contributed by atoms with Gasteiger partial charge in [-0.3, -0.25) is 4.79 Å². The fraction of sp³-hybridized carbons (Fsp3) is 0.833. The summed E-state index contributed by atoms with van der Waals surface area (Å²) in [7, 11) is 0. The summed E-state index contributed by atoms with van der Waals surface area (Å²) in [5.74, 6) is -1.58. The molecule has 1 rings (SSSR count). The van der Waals surface area contributed by atoms with E-state index in [1.165, 1.54) is 6.92 Å². The highest BCUT2D eigenvalue weighted by Crippen LogP contribution is 2.35. The first-order valence-corrected chi connectivity index (χ1v) is 6.35. The van der Waals surface area contributed by atoms with Crippen molar-refractivity contribution in [2.75, 3.05) is 6.54 Å². The molecule has 0 saturated heterocycles. The first kappa shape index (κ1) is 14.9. The standard InChI is InChI=1S/C12H22N2O4/c1-8(15)9(10(16)17)14-11(18)12(7-13)5-3-2-4-6-12/h8-9,15H,2-7,13H2,1H3,(H,14,18)(H,16,17). The van der Waals surface area contributed by atoms with Gasteiger partial charge < -0.3 is 21.3 Å². The number of hydrogen-bond donors (Lipinski definition) is 4. The zero-order valence-corrected chi connectivity index (χ0v) is 10.7. The van der Waals surface area contributed by atoms with Gasteiger partial charge in [-0.1, -0.05) is 19.3 Å². The molecule has 104 valence electrons. The van der Waals surface area contributed by atoms with Crippen molar-refractivity contribution in [2.24, 2.45) is 11.1 Å². The van der Waals surface area contributed by atoms with Gasteiger partial charge in [0.15, 0.2) is 6.04 Å². The molecule has 5 N–H and O–H groups in total. The predicted molar refractivity (Wildman–Crippen MR) is 65.8 cm³/mol. The minimum absolute atomic E-state index is 0.213. The van der Waals surface area contributed by atoms with Crippen LogP contribution >= 0.6 is 0 Å². The SMILES string of the molecule is CC(O)C(NC(=O)C1(CN)CCCCC1)C(=O)O. The number of carboxylic acid groups (broad SMARTS) is 1. The molecule has 0 aliphatic heterocycles. The van der Waals surface area contributed by atoms with Crippen LogP contribution in [0.15, 0.2) is 0 Å². The van der Waals surface area contributed by atoms with E-state index in [1.807, 2.05) is 0 Å². The Labute approximate surface area is 107 Å². The third-order valence-corrected chi connectivity index (χ3v) is 3.72. The van der Waals surface area contributed by atoms with E-state index < -0.39 is 23.5 Å². The van der Waals surface area contributed by atoms with Crippen LogP contribution in [-0.4, -0.2) is 40.8 Å². The Balaban J connectivity index is 2.75. The Hall–Kier alpha value is -1.14. The lowest BCUT2D eigenvalue weighted by Gasteiger charge is -2.35. The van der Waals surface area contributed by atoms with Gasteiger partial charge in [-0.25, -0.2) is 4.79 Å². The Morgan fingerprint density at radius 1 is 1.33 bits per heavy atom. The van der Waals surface area contributed by atoms with E-state index in [0.29, 0.717) is 12.8 Å². The number of aliphatic hydroxyl groups excluding tert-OH is 1. The topological polar surface area (TPSA) is 113 Å². The average molecular weight is 258 g/mol. The molecule has 18 heavy (non-hydrogen) atoms. The molecule has 0 aromatic carbocycles. The molecule has 1 aliphatic carbocycles. The number of rotatable bonds is 5. The van der Waals surface area contributed by atoms with Gasteiger partial charge in [0.25, 0.3) is 0 Å². The van der Waals surface area contributed by atoms with Crippen molar-refractivity contribution in [3.8, 4) is 0 Å². The van der Waals surface area contributed by atoms with Crippen molar-refractivity contribution >= 4 is 11.9 Å². The molecule has 6 heteroatoms. The lowest BCUT2D eigenvalue weighted by Crippen LogP contribution is -2.55. The summed E-state index contributed by atoms with van der Waals surface area (Å²) in [5, 5.41) is 20.7. The summed E-state index contributed by atoms with van der Waals surface area (Å²) < 4.78 is 0. The summed E-state index contributed by atoms with van der Waals surface area (Å²) in [6, 6.07) is -1.28. The molecule has 1 amide bonds. The molecule has 0 aromatic heterocycles. The van der Waals surface area contributed by atoms with Crippen molar-refractivity contribution in [1.29, 1.82) is 0 Å². The highest BCUT2D eigenvalue weighted by molar-refractivity contribution is 5.88. The highest BCUT2D eigenvalue weighted by Gasteiger charge is 2.40. The van der Waals surface area contributed by atoms with E-state index in [0.717, 1.165) is 19.3 Å². The van der Waals surface area contributed by atoms with Gasteiger partial charge in [0, 0.05) is 6.54 Å². The van der Waals surface area contributed by atoms with Crippen LogP contribution in [0.4, 0.5) is 0 Å². The molecule has 1 saturated carbocycles. The van der Waals surface area contributed by atoms with Crippen LogP contribution in [0.1, 0.15) is 39.0 Å². The van der Waals surface area contributed by atoms with Crippen LogP contribution in [0, 0.1) is 5.41 Å². The number of aliphatic carboxylic acids is 1. The number of carboxylic acids is 1. The van der Waals surface area contributed by atoms with Gasteiger partial charge >= 0.3 is 5.97 Å². The first-order chi connectivity index (χ1) is 8.43. The second kappa shape index (κ2) is 6.15. The second-order valence-corrected chi connectivity index (χ2v) is 5.08. The Bertz CT molecular complexity index is 311. The molecule has 0 bridgehead atoms. The number of carbonyl (C=O) groups excluding carboxylic acids is 1. The van der Waals surface area contributed by atoms with E-state index in [-0.39, 0.29) is 12.5 Å². The van der Waals surface area contributed by atoms with Gasteiger partial charge in [0.1, 0.15) is 0 Å². The quantitative estimate of drug-likeness (QED) is 0.547. The number of nitrogens with two attached hydrogens (primary N) is 1. The summed E-state index contributed by atoms with van der Waals surface area (Å²) in [6.07, 6.45) is 3.16. The summed E-state index contributed by atoms with van der Waals surface area (Å²) in [6.45, 7) is 1.56. The lowest BCUT2D eigenvalue weighted by atomic mass is 9.73. The second-order valence-electron chi connectivity index (χ2n) is 5.08. The normalized spacial score (nSPS) is 21.9. The maximum Gasteiger partial charge on any atom is 0.328 e. The fourth-order valence-corrected chi connectivity index (χ4v) is 2.44. The molecule has 0 radical (unpaired) electrons. The first-order valence-electron chi connectivity index (χ1n) is 6.35. The minimum Gasteiger partial charge on any atom is -0.480 e. The van der Waals surface area contributed by atoms with Gasteiger partial charge in [-0.05, 0) is 19.8 Å². The van der Waals surface area contributed by atoms with Crippen molar-refractivity contribution in [3.05, 3.63) is 0 Å². The van der Waals surface area contributed by atoms with Crippen molar-refractivity contribution in [3.63, 3.8) is 0 Å². The maximum atomic E-state index is 12.2. The molecule has 1 aliphatic rings. The van der Waals surface area contributed by atoms with E-state index >= 15 is 0 Å². The number of hydrogen-bond acceptors (Lipinski definition) is 4. The third kappa shape index (κ3) is 3.20. The average Bonchev–Trinajstić information content (AvgIpc) is 2.35. The van der Waals surface area contributed by atoms with Crippen molar-refractivity contribution < 1.29 is 19.8 Å². The Morgan fingerprint density at radius 3 is 2.28 bits per heavy atom. The van der Waals surface area contributed by atoms with Crippen molar-refractivity contribution in [2.45, 2.75) is 51.2 Å². The van der Waals surface area contributed by atoms with Gasteiger partial charge in [0.05, 0.1) is 11.5 Å². The Morgan fingerprint density at radius 2 is 1.89 bits per heavy atom. The molecular weight excluding hydrogens is 236 g/mol. The van der Waals surface area contributed by atoms with Crippen LogP contribution in [0.2, 0.25) is 0 Å². The van der Waals surface area contributed by atoms with Crippen LogP contribution < -0.4 is 11.1 Å². The largest absolute Gasteiger partial charge is 0.480 e. The predicted octanol–water partition coefficient (Wildman–Crippen LogP) is -0.154. The molecule has 0 heterocycles. The van der Waals surface area contributed by atoms with Crippen LogP contribution in [0.5, 0.6) is 0 Å². The molecule has 2 atom stereocenters. The van der Waals surface area contributed by atoms with Gasteiger partial charge in [-0.15, -0.1) is 0 Å². The Kier molecular flexibility index (Phi) is 5.10. The van der Waals surface area contributed by atoms with E-state index in [1.54, 1.807) is 0 Å². The zero-order chi connectivity index (χ0) is 13.8. The number of carbonyl (C=O) groups is 2. The zero-order valence-electron chi connectivity index (χ0n) is 10.7. The fourth-order valence-electron chi connectivity index (χ4n) is 2.44. The minimum atomic E-state index is -1.28. The van der Waals surface area contributed by atoms with E-state index in [4.69, 9.17) is 10.8 Å². The van der Waals surface area contributed by atoms with Crippen LogP contribution in [0.25, 0.3) is 0 Å². The number of aliphatic hydroxyl groups is 1. The van der Waals surface area contributed by atoms with Gasteiger partial charge in [0.2, 0.25) is 5.91 Å². The molecule has 0 aromatic rings. The number of amides is 1. The molecule has 2 unspecified atom stereocenters. The summed E-state index contributed by atoms with van der Waals surface area (Å²) >= 11 is 0. The number of nitrogens with one attached hydrogen (secondary N) is 1. The van der Waals surface area contributed by atoms with E-state index in [9.17, 15) is 14.7 Å². The van der Waals surface area contributed by atoms with Crippen LogP contribution in [0.3, 0.4) is 0 Å². The monoisotopic (exact) mass is 258 g/mol. The summed E-state index contributed by atoms with van der Waals surface area (Å²) in [5.41, 5.74) is 5.03. The highest BCUT2D eigenvalue weighted by atomic mass is 16.4. The van der Waals surface area contributed by atoms with E-state index in [2.05, 4.69) is 5.32 Å². The van der Waals surface area contributed by atoms with Gasteiger partial charge in [-0.2, -0.15) is 0 Å². The van der Waals surface area contributed by atoms with Crippen molar-refractivity contribution in [1.82, 2.24) is 5.32 Å². The maximum absolute atomic E-state index is 12.2.